The summed E-state index contributed by atoms with van der Waals surface area (Å²) in [6.07, 6.45) is 3.38. The minimum atomic E-state index is 0.625. The minimum Gasteiger partial charge on any atom is -0.330 e. The van der Waals surface area contributed by atoms with Gasteiger partial charge < -0.3 is 11.5 Å². The molecule has 14 heavy (non-hydrogen) atoms. The smallest absolute Gasteiger partial charge is 0.0618 e. The van der Waals surface area contributed by atoms with Crippen molar-refractivity contribution in [1.29, 1.82) is 10.5 Å². The highest BCUT2D eigenvalue weighted by atomic mass is 14.5. The molecule has 0 bridgehead atoms. The van der Waals surface area contributed by atoms with E-state index in [2.05, 4.69) is 0 Å². The summed E-state index contributed by atoms with van der Waals surface area (Å²) in [5, 5.41) is 15.2. The second-order valence-electron chi connectivity index (χ2n) is 2.31. The van der Waals surface area contributed by atoms with Gasteiger partial charge in [-0.1, -0.05) is 13.8 Å². The maximum Gasteiger partial charge on any atom is 0.0618 e. The molecular weight excluding hydrogens is 176 g/mol. The van der Waals surface area contributed by atoms with Crippen molar-refractivity contribution >= 4 is 0 Å². The van der Waals surface area contributed by atoms with Crippen LogP contribution >= 0.6 is 0 Å². The fraction of sp³-hybridized carbons (Fsp3) is 0.800. The minimum absolute atomic E-state index is 0.625. The second-order valence-corrected chi connectivity index (χ2v) is 2.31. The second kappa shape index (κ2) is 29.7. The Labute approximate surface area is 87.5 Å². The third-order valence-corrected chi connectivity index (χ3v) is 0.974. The van der Waals surface area contributed by atoms with Crippen LogP contribution in [0.5, 0.6) is 0 Å². The van der Waals surface area contributed by atoms with Gasteiger partial charge in [0, 0.05) is 12.8 Å². The molecule has 0 unspecified atom stereocenters. The molecule has 0 saturated carbocycles. The van der Waals surface area contributed by atoms with E-state index >= 15 is 0 Å². The van der Waals surface area contributed by atoms with Gasteiger partial charge in [-0.05, 0) is 25.9 Å². The quantitative estimate of drug-likeness (QED) is 0.671. The normalized spacial score (nSPS) is 6.71. The Balaban J connectivity index is -0.000000135. The first-order chi connectivity index (χ1) is 6.74. The van der Waals surface area contributed by atoms with Crippen molar-refractivity contribution in [1.82, 2.24) is 0 Å². The SMILES string of the molecule is CCC#N.CCC#N.NCCCCN. The van der Waals surface area contributed by atoms with Crippen LogP contribution in [0.15, 0.2) is 0 Å². The third-order valence-electron chi connectivity index (χ3n) is 0.974. The first-order valence-electron chi connectivity index (χ1n) is 4.89. The molecule has 0 radical (unpaired) electrons. The average molecular weight is 198 g/mol. The van der Waals surface area contributed by atoms with Gasteiger partial charge in [-0.3, -0.25) is 0 Å². The van der Waals surface area contributed by atoms with E-state index in [9.17, 15) is 0 Å². The van der Waals surface area contributed by atoms with Gasteiger partial charge in [-0.2, -0.15) is 10.5 Å². The molecule has 0 aliphatic rings. The highest BCUT2D eigenvalue weighted by Gasteiger charge is 1.75. The summed E-state index contributed by atoms with van der Waals surface area (Å²) in [5.74, 6) is 0. The maximum atomic E-state index is 7.62. The molecule has 0 saturated heterocycles. The molecule has 0 aromatic carbocycles. The van der Waals surface area contributed by atoms with Crippen molar-refractivity contribution in [3.8, 4) is 12.1 Å². The molecule has 0 aliphatic carbocycles. The van der Waals surface area contributed by atoms with E-state index < -0.39 is 0 Å². The summed E-state index contributed by atoms with van der Waals surface area (Å²) >= 11 is 0. The van der Waals surface area contributed by atoms with Crippen LogP contribution in [-0.4, -0.2) is 13.1 Å². The monoisotopic (exact) mass is 198 g/mol. The fourth-order valence-electron chi connectivity index (χ4n) is 0.289. The Bertz CT molecular complexity index is 125. The lowest BCUT2D eigenvalue weighted by Gasteiger charge is -1.87. The molecule has 4 N–H and O–H groups in total. The number of nitrogens with zero attached hydrogens (tertiary/aromatic N) is 2. The molecule has 82 valence electrons. The Morgan fingerprint density at radius 2 is 1.07 bits per heavy atom. The van der Waals surface area contributed by atoms with Crippen molar-refractivity contribution in [3.63, 3.8) is 0 Å². The third kappa shape index (κ3) is 70.2. The van der Waals surface area contributed by atoms with Crippen molar-refractivity contribution in [2.75, 3.05) is 13.1 Å². The van der Waals surface area contributed by atoms with E-state index in [-0.39, 0.29) is 0 Å². The Morgan fingerprint density at radius 1 is 0.857 bits per heavy atom. The molecule has 0 spiro atoms. The van der Waals surface area contributed by atoms with E-state index in [1.807, 2.05) is 26.0 Å². The van der Waals surface area contributed by atoms with Crippen LogP contribution in [0.4, 0.5) is 0 Å². The van der Waals surface area contributed by atoms with Crippen LogP contribution < -0.4 is 11.5 Å². The zero-order chi connectivity index (χ0) is 11.7. The summed E-state index contributed by atoms with van der Waals surface area (Å²) in [7, 11) is 0. The predicted octanol–water partition coefficient (Wildman–Crippen LogP) is 1.52. The molecule has 0 amide bonds. The van der Waals surface area contributed by atoms with Crippen molar-refractivity contribution < 1.29 is 0 Å². The summed E-state index contributed by atoms with van der Waals surface area (Å²) in [6, 6.07) is 3.86. The van der Waals surface area contributed by atoms with E-state index in [1.165, 1.54) is 0 Å². The average Bonchev–Trinajstić information content (AvgIpc) is 2.27. The molecule has 0 rings (SSSR count). The Hall–Kier alpha value is -1.10. The van der Waals surface area contributed by atoms with E-state index in [1.54, 1.807) is 0 Å². The summed E-state index contributed by atoms with van der Waals surface area (Å²) in [6.45, 7) is 5.19. The number of rotatable bonds is 3. The topological polar surface area (TPSA) is 99.6 Å². The lowest BCUT2D eigenvalue weighted by molar-refractivity contribution is 0.755. The zero-order valence-electron chi connectivity index (χ0n) is 9.29. The number of nitriles is 2. The number of nitrogens with two attached hydrogens (primary N) is 2. The predicted molar refractivity (Wildman–Crippen MR) is 59.2 cm³/mol. The van der Waals surface area contributed by atoms with Gasteiger partial charge in [0.05, 0.1) is 12.1 Å². The largest absolute Gasteiger partial charge is 0.330 e. The molecule has 0 heterocycles. The van der Waals surface area contributed by atoms with Gasteiger partial charge in [0.25, 0.3) is 0 Å². The van der Waals surface area contributed by atoms with Gasteiger partial charge in [-0.25, -0.2) is 0 Å². The standard InChI is InChI=1S/C4H12N2.2C3H5N/c5-3-1-2-4-6;2*1-2-3-4/h1-6H2;2*2H2,1H3. The summed E-state index contributed by atoms with van der Waals surface area (Å²) in [4.78, 5) is 0. The van der Waals surface area contributed by atoms with Crippen LogP contribution in [0.1, 0.15) is 39.5 Å². The van der Waals surface area contributed by atoms with Crippen LogP contribution in [0.3, 0.4) is 0 Å². The van der Waals surface area contributed by atoms with Crippen molar-refractivity contribution in [2.45, 2.75) is 39.5 Å². The fourth-order valence-corrected chi connectivity index (χ4v) is 0.289. The Morgan fingerprint density at radius 3 is 1.14 bits per heavy atom. The maximum absolute atomic E-state index is 7.62. The molecule has 4 heteroatoms. The lowest BCUT2D eigenvalue weighted by Crippen LogP contribution is -2.03. The van der Waals surface area contributed by atoms with Gasteiger partial charge in [-0.15, -0.1) is 0 Å². The van der Waals surface area contributed by atoms with Crippen LogP contribution in [0, 0.1) is 22.7 Å². The lowest BCUT2D eigenvalue weighted by atomic mass is 10.3. The summed E-state index contributed by atoms with van der Waals surface area (Å²) < 4.78 is 0. The van der Waals surface area contributed by atoms with Crippen LogP contribution in [0.2, 0.25) is 0 Å². The van der Waals surface area contributed by atoms with Gasteiger partial charge in [0.2, 0.25) is 0 Å². The molecule has 0 aromatic heterocycles. The van der Waals surface area contributed by atoms with E-state index in [0.29, 0.717) is 12.8 Å². The van der Waals surface area contributed by atoms with Crippen molar-refractivity contribution in [3.05, 3.63) is 0 Å². The van der Waals surface area contributed by atoms with Gasteiger partial charge >= 0.3 is 0 Å². The molecule has 0 aliphatic heterocycles. The molecule has 4 nitrogen and oxygen atoms in total. The first-order valence-corrected chi connectivity index (χ1v) is 4.89. The van der Waals surface area contributed by atoms with Gasteiger partial charge in [0.1, 0.15) is 0 Å². The molecule has 0 aromatic rings. The number of unbranched alkanes of at least 4 members (excludes halogenated alkanes) is 1. The molecule has 0 atom stereocenters. The summed E-state index contributed by atoms with van der Waals surface area (Å²) in [5.41, 5.74) is 10.3. The van der Waals surface area contributed by atoms with Crippen LogP contribution in [0.25, 0.3) is 0 Å². The Kier molecular flexibility index (Phi) is 39.5. The van der Waals surface area contributed by atoms with Crippen LogP contribution in [-0.2, 0) is 0 Å². The highest BCUT2D eigenvalue weighted by Crippen LogP contribution is 1.77. The van der Waals surface area contributed by atoms with E-state index in [0.717, 1.165) is 25.9 Å². The van der Waals surface area contributed by atoms with Crippen molar-refractivity contribution in [2.24, 2.45) is 11.5 Å². The molecular formula is C10H22N4. The first kappa shape index (κ1) is 18.6. The number of hydrogen-bond acceptors (Lipinski definition) is 4. The number of hydrogen-bond donors (Lipinski definition) is 2. The van der Waals surface area contributed by atoms with E-state index in [4.69, 9.17) is 22.0 Å². The van der Waals surface area contributed by atoms with Gasteiger partial charge in [0.15, 0.2) is 0 Å². The zero-order valence-corrected chi connectivity index (χ0v) is 9.29. The molecule has 0 fully saturated rings. The highest BCUT2D eigenvalue weighted by molar-refractivity contribution is 4.62.